The number of likely N-dealkylation sites (tertiary alicyclic amines) is 1. The van der Waals surface area contributed by atoms with Crippen molar-refractivity contribution < 1.29 is 23.1 Å². The van der Waals surface area contributed by atoms with Crippen molar-refractivity contribution in [1.82, 2.24) is 9.62 Å². The van der Waals surface area contributed by atoms with E-state index >= 15 is 0 Å². The maximum absolute atomic E-state index is 12.4. The Morgan fingerprint density at radius 2 is 1.92 bits per heavy atom. The molecule has 1 saturated heterocycles. The molecule has 0 saturated carbocycles. The Hall–Kier alpha value is -1.93. The van der Waals surface area contributed by atoms with Crippen molar-refractivity contribution in [2.24, 2.45) is 5.92 Å². The first-order valence-electron chi connectivity index (χ1n) is 7.86. The van der Waals surface area contributed by atoms with E-state index in [1.165, 1.54) is 29.2 Å². The molecule has 1 aliphatic heterocycles. The predicted molar refractivity (Wildman–Crippen MR) is 88.2 cm³/mol. The van der Waals surface area contributed by atoms with Gasteiger partial charge in [-0.1, -0.05) is 13.8 Å². The summed E-state index contributed by atoms with van der Waals surface area (Å²) < 4.78 is 26.8. The Bertz CT molecular complexity index is 712. The van der Waals surface area contributed by atoms with E-state index in [0.29, 0.717) is 25.9 Å². The molecule has 1 atom stereocenters. The summed E-state index contributed by atoms with van der Waals surface area (Å²) in [7, 11) is -3.61. The highest BCUT2D eigenvalue weighted by atomic mass is 32.2. The van der Waals surface area contributed by atoms with Gasteiger partial charge >= 0.3 is 5.97 Å². The normalized spacial score (nSPS) is 18.1. The molecule has 1 fully saturated rings. The summed E-state index contributed by atoms with van der Waals surface area (Å²) in [6, 6.07) is 4.75. The van der Waals surface area contributed by atoms with E-state index in [0.717, 1.165) is 0 Å². The lowest BCUT2D eigenvalue weighted by Crippen LogP contribution is -2.40. The van der Waals surface area contributed by atoms with Crippen LogP contribution in [0.25, 0.3) is 0 Å². The molecular formula is C16H22N2O5S. The van der Waals surface area contributed by atoms with Gasteiger partial charge in [0.25, 0.3) is 5.91 Å². The number of hydrogen-bond donors (Lipinski definition) is 2. The van der Waals surface area contributed by atoms with E-state index < -0.39 is 22.0 Å². The lowest BCUT2D eigenvalue weighted by atomic mass is 10.1. The lowest BCUT2D eigenvalue weighted by molar-refractivity contribution is -0.141. The van der Waals surface area contributed by atoms with Gasteiger partial charge in [0, 0.05) is 18.7 Å². The number of benzene rings is 1. The highest BCUT2D eigenvalue weighted by molar-refractivity contribution is 7.89. The van der Waals surface area contributed by atoms with Crippen LogP contribution in [0.1, 0.15) is 37.0 Å². The zero-order valence-electron chi connectivity index (χ0n) is 13.7. The van der Waals surface area contributed by atoms with Gasteiger partial charge in [-0.05, 0) is 43.0 Å². The summed E-state index contributed by atoms with van der Waals surface area (Å²) in [5.41, 5.74) is 0.283. The van der Waals surface area contributed by atoms with Gasteiger partial charge in [0.1, 0.15) is 6.04 Å². The van der Waals surface area contributed by atoms with E-state index in [2.05, 4.69) is 4.72 Å². The number of nitrogens with one attached hydrogen (secondary N) is 1. The van der Waals surface area contributed by atoms with Crippen molar-refractivity contribution in [3.63, 3.8) is 0 Å². The second-order valence-electron chi connectivity index (χ2n) is 6.26. The van der Waals surface area contributed by atoms with Gasteiger partial charge in [-0.2, -0.15) is 0 Å². The van der Waals surface area contributed by atoms with Crippen LogP contribution in [0.5, 0.6) is 0 Å². The van der Waals surface area contributed by atoms with E-state index in [1.54, 1.807) is 0 Å². The fraction of sp³-hybridized carbons (Fsp3) is 0.500. The summed E-state index contributed by atoms with van der Waals surface area (Å²) >= 11 is 0. The summed E-state index contributed by atoms with van der Waals surface area (Å²) in [5, 5.41) is 9.15. The van der Waals surface area contributed by atoms with Crippen LogP contribution in [0.3, 0.4) is 0 Å². The monoisotopic (exact) mass is 354 g/mol. The minimum Gasteiger partial charge on any atom is -0.480 e. The molecule has 1 aromatic rings. The lowest BCUT2D eigenvalue weighted by Gasteiger charge is -2.21. The largest absolute Gasteiger partial charge is 0.480 e. The van der Waals surface area contributed by atoms with Crippen molar-refractivity contribution in [3.05, 3.63) is 29.8 Å². The standard InChI is InChI=1S/C16H22N2O5S/c1-11(2)10-17-24(22,23)13-7-5-12(6-8-13)15(19)18-9-3-4-14(18)16(20)21/h5-8,11,14,17H,3-4,9-10H2,1-2H3,(H,20,21). The molecule has 2 rings (SSSR count). The van der Waals surface area contributed by atoms with Gasteiger partial charge < -0.3 is 10.0 Å². The predicted octanol–water partition coefficient (Wildman–Crippen LogP) is 1.31. The second kappa shape index (κ2) is 7.31. The number of hydrogen-bond acceptors (Lipinski definition) is 4. The molecule has 7 nitrogen and oxygen atoms in total. The van der Waals surface area contributed by atoms with E-state index in [-0.39, 0.29) is 22.3 Å². The van der Waals surface area contributed by atoms with Crippen molar-refractivity contribution in [1.29, 1.82) is 0 Å². The fourth-order valence-corrected chi connectivity index (χ4v) is 3.78. The third-order valence-electron chi connectivity index (χ3n) is 3.89. The van der Waals surface area contributed by atoms with Crippen molar-refractivity contribution in [2.75, 3.05) is 13.1 Å². The fourth-order valence-electron chi connectivity index (χ4n) is 2.57. The van der Waals surface area contributed by atoms with Gasteiger partial charge in [-0.3, -0.25) is 4.79 Å². The average Bonchev–Trinajstić information content (AvgIpc) is 3.02. The van der Waals surface area contributed by atoms with E-state index in [4.69, 9.17) is 5.11 Å². The Morgan fingerprint density at radius 1 is 1.29 bits per heavy atom. The third kappa shape index (κ3) is 4.12. The molecule has 1 aliphatic rings. The first kappa shape index (κ1) is 18.4. The summed E-state index contributed by atoms with van der Waals surface area (Å²) in [6.45, 7) is 4.53. The maximum Gasteiger partial charge on any atom is 0.326 e. The number of carbonyl (C=O) groups is 2. The summed E-state index contributed by atoms with van der Waals surface area (Å²) in [6.07, 6.45) is 1.08. The molecule has 8 heteroatoms. The Balaban J connectivity index is 2.14. The highest BCUT2D eigenvalue weighted by Crippen LogP contribution is 2.21. The molecule has 1 unspecified atom stereocenters. The molecule has 2 N–H and O–H groups in total. The molecule has 0 radical (unpaired) electrons. The molecule has 24 heavy (non-hydrogen) atoms. The average molecular weight is 354 g/mol. The van der Waals surface area contributed by atoms with Crippen LogP contribution in [0.4, 0.5) is 0 Å². The minimum absolute atomic E-state index is 0.0795. The molecule has 0 aromatic heterocycles. The number of aliphatic carboxylic acids is 1. The molecule has 0 bridgehead atoms. The summed E-state index contributed by atoms with van der Waals surface area (Å²) in [5.74, 6) is -1.22. The van der Waals surface area contributed by atoms with Crippen molar-refractivity contribution >= 4 is 21.9 Å². The number of rotatable bonds is 6. The second-order valence-corrected chi connectivity index (χ2v) is 8.03. The molecule has 132 valence electrons. The van der Waals surface area contributed by atoms with E-state index in [1.807, 2.05) is 13.8 Å². The van der Waals surface area contributed by atoms with Crippen LogP contribution in [-0.2, 0) is 14.8 Å². The van der Waals surface area contributed by atoms with Crippen LogP contribution in [0.15, 0.2) is 29.2 Å². The Kier molecular flexibility index (Phi) is 5.61. The van der Waals surface area contributed by atoms with E-state index in [9.17, 15) is 18.0 Å². The summed E-state index contributed by atoms with van der Waals surface area (Å²) in [4.78, 5) is 25.0. The molecule has 1 amide bonds. The zero-order valence-corrected chi connectivity index (χ0v) is 14.5. The molecule has 0 spiro atoms. The smallest absolute Gasteiger partial charge is 0.326 e. The van der Waals surface area contributed by atoms with Crippen LogP contribution in [-0.4, -0.2) is 49.4 Å². The molecule has 1 aromatic carbocycles. The third-order valence-corrected chi connectivity index (χ3v) is 5.33. The van der Waals surface area contributed by atoms with Crippen LogP contribution >= 0.6 is 0 Å². The zero-order chi connectivity index (χ0) is 17.9. The van der Waals surface area contributed by atoms with Crippen LogP contribution < -0.4 is 4.72 Å². The van der Waals surface area contributed by atoms with Crippen molar-refractivity contribution in [3.8, 4) is 0 Å². The topological polar surface area (TPSA) is 104 Å². The number of nitrogens with zero attached hydrogens (tertiary/aromatic N) is 1. The van der Waals surface area contributed by atoms with Crippen LogP contribution in [0, 0.1) is 5.92 Å². The molecular weight excluding hydrogens is 332 g/mol. The van der Waals surface area contributed by atoms with Gasteiger partial charge in [0.2, 0.25) is 10.0 Å². The number of carboxylic acid groups (broad SMARTS) is 1. The maximum atomic E-state index is 12.4. The molecule has 1 heterocycles. The highest BCUT2D eigenvalue weighted by Gasteiger charge is 2.34. The molecule has 0 aliphatic carbocycles. The minimum atomic E-state index is -3.61. The Morgan fingerprint density at radius 3 is 2.46 bits per heavy atom. The number of carbonyl (C=O) groups excluding carboxylic acids is 1. The quantitative estimate of drug-likeness (QED) is 0.802. The Labute approximate surface area is 141 Å². The SMILES string of the molecule is CC(C)CNS(=O)(=O)c1ccc(C(=O)N2CCCC2C(=O)O)cc1. The number of sulfonamides is 1. The first-order chi connectivity index (χ1) is 11.2. The van der Waals surface area contributed by atoms with Crippen LogP contribution in [0.2, 0.25) is 0 Å². The van der Waals surface area contributed by atoms with Gasteiger partial charge in [0.15, 0.2) is 0 Å². The number of carboxylic acids is 1. The van der Waals surface area contributed by atoms with Crippen molar-refractivity contribution in [2.45, 2.75) is 37.6 Å². The first-order valence-corrected chi connectivity index (χ1v) is 9.34. The van der Waals surface area contributed by atoms with Gasteiger partial charge in [-0.25, -0.2) is 17.9 Å². The van der Waals surface area contributed by atoms with Gasteiger partial charge in [0.05, 0.1) is 4.90 Å². The van der Waals surface area contributed by atoms with Gasteiger partial charge in [-0.15, -0.1) is 0 Å². The number of amides is 1.